The molecule has 3 aromatic rings. The Morgan fingerprint density at radius 2 is 2.08 bits per heavy atom. The third-order valence-corrected chi connectivity index (χ3v) is 3.86. The summed E-state index contributed by atoms with van der Waals surface area (Å²) in [5.74, 6) is 1.97. The Hall–Kier alpha value is -3.35. The molecule has 1 aromatic carbocycles. The molecule has 7 nitrogen and oxygen atoms in total. The minimum atomic E-state index is -0.0842. The zero-order valence-electron chi connectivity index (χ0n) is 13.4. The minimum absolute atomic E-state index is 0.0842. The molecular weight excluding hydrogens is 320 g/mol. The summed E-state index contributed by atoms with van der Waals surface area (Å²) in [6.45, 7) is 0.247. The molecule has 126 valence electrons. The highest BCUT2D eigenvalue weighted by atomic mass is 16.7. The lowest BCUT2D eigenvalue weighted by Gasteiger charge is -2.10. The van der Waals surface area contributed by atoms with Crippen molar-refractivity contribution in [1.29, 1.82) is 0 Å². The number of amides is 1. The van der Waals surface area contributed by atoms with E-state index in [1.807, 2.05) is 24.3 Å². The van der Waals surface area contributed by atoms with Crippen molar-refractivity contribution in [1.82, 2.24) is 14.8 Å². The number of rotatable bonds is 5. The Morgan fingerprint density at radius 3 is 2.96 bits per heavy atom. The highest BCUT2D eigenvalue weighted by molar-refractivity contribution is 5.92. The number of pyridine rings is 1. The molecule has 0 bridgehead atoms. The third-order valence-electron chi connectivity index (χ3n) is 3.86. The Labute approximate surface area is 144 Å². The molecule has 2 aromatic heterocycles. The van der Waals surface area contributed by atoms with Crippen molar-refractivity contribution in [2.75, 3.05) is 12.1 Å². The molecule has 0 fully saturated rings. The van der Waals surface area contributed by atoms with Crippen LogP contribution in [-0.2, 0) is 11.2 Å². The maximum absolute atomic E-state index is 12.3. The third kappa shape index (κ3) is 3.30. The summed E-state index contributed by atoms with van der Waals surface area (Å²) >= 11 is 0. The molecule has 0 saturated heterocycles. The summed E-state index contributed by atoms with van der Waals surface area (Å²) in [7, 11) is 0. The Bertz CT molecular complexity index is 893. The van der Waals surface area contributed by atoms with Gasteiger partial charge in [0.1, 0.15) is 0 Å². The number of aryl methyl sites for hydroxylation is 1. The normalized spacial score (nSPS) is 12.2. The second kappa shape index (κ2) is 6.64. The first kappa shape index (κ1) is 15.2. The van der Waals surface area contributed by atoms with Gasteiger partial charge in [0.15, 0.2) is 17.3 Å². The van der Waals surface area contributed by atoms with E-state index in [4.69, 9.17) is 9.47 Å². The first-order chi connectivity index (χ1) is 12.3. The number of carbonyl (C=O) groups is 1. The fourth-order valence-corrected chi connectivity index (χ4v) is 2.64. The molecule has 4 rings (SSSR count). The van der Waals surface area contributed by atoms with Gasteiger partial charge >= 0.3 is 0 Å². The van der Waals surface area contributed by atoms with Gasteiger partial charge in [-0.3, -0.25) is 4.79 Å². The highest BCUT2D eigenvalue weighted by Crippen LogP contribution is 2.32. The number of nitrogens with one attached hydrogen (secondary N) is 1. The number of fused-ring (bicyclic) bond motifs is 1. The second-order valence-corrected chi connectivity index (χ2v) is 5.56. The first-order valence-electron chi connectivity index (χ1n) is 7.93. The van der Waals surface area contributed by atoms with Crippen molar-refractivity contribution in [2.24, 2.45) is 0 Å². The average molecular weight is 336 g/mol. The summed E-state index contributed by atoms with van der Waals surface area (Å²) in [6, 6.07) is 11.1. The number of aromatic nitrogens is 3. The number of carbonyl (C=O) groups excluding carboxylic acids is 1. The molecule has 0 atom stereocenters. The molecule has 1 aliphatic heterocycles. The lowest BCUT2D eigenvalue weighted by Crippen LogP contribution is -2.15. The lowest BCUT2D eigenvalue weighted by atomic mass is 10.1. The van der Waals surface area contributed by atoms with Gasteiger partial charge in [0, 0.05) is 25.0 Å². The molecule has 25 heavy (non-hydrogen) atoms. The van der Waals surface area contributed by atoms with Gasteiger partial charge in [-0.15, -0.1) is 0 Å². The van der Waals surface area contributed by atoms with Gasteiger partial charge in [0.05, 0.1) is 5.69 Å². The van der Waals surface area contributed by atoms with Crippen LogP contribution in [0.25, 0.3) is 5.82 Å². The highest BCUT2D eigenvalue weighted by Gasteiger charge is 2.14. The van der Waals surface area contributed by atoms with Crippen LogP contribution in [0, 0.1) is 0 Å². The van der Waals surface area contributed by atoms with Crippen molar-refractivity contribution in [2.45, 2.75) is 12.8 Å². The van der Waals surface area contributed by atoms with E-state index in [2.05, 4.69) is 15.4 Å². The average Bonchev–Trinajstić information content (AvgIpc) is 3.31. The Morgan fingerprint density at radius 1 is 1.16 bits per heavy atom. The maximum atomic E-state index is 12.3. The largest absolute Gasteiger partial charge is 0.454 e. The van der Waals surface area contributed by atoms with Crippen molar-refractivity contribution >= 4 is 11.6 Å². The molecule has 0 saturated carbocycles. The SMILES string of the molecule is O=C(CCc1ccc2c(c1)OCO2)Nc1cccnc1-n1cccn1. The summed E-state index contributed by atoms with van der Waals surface area (Å²) in [4.78, 5) is 16.6. The van der Waals surface area contributed by atoms with Crippen LogP contribution in [0.4, 0.5) is 5.69 Å². The molecule has 7 heteroatoms. The van der Waals surface area contributed by atoms with E-state index in [-0.39, 0.29) is 12.7 Å². The molecule has 3 heterocycles. The van der Waals surface area contributed by atoms with Gasteiger partial charge in [-0.25, -0.2) is 9.67 Å². The van der Waals surface area contributed by atoms with Crippen LogP contribution in [0.3, 0.4) is 0 Å². The molecule has 0 radical (unpaired) electrons. The smallest absolute Gasteiger partial charge is 0.231 e. The molecule has 1 N–H and O–H groups in total. The van der Waals surface area contributed by atoms with Gasteiger partial charge < -0.3 is 14.8 Å². The summed E-state index contributed by atoms with van der Waals surface area (Å²) < 4.78 is 12.3. The zero-order chi connectivity index (χ0) is 17.1. The van der Waals surface area contributed by atoms with E-state index in [9.17, 15) is 4.79 Å². The van der Waals surface area contributed by atoms with E-state index in [1.54, 1.807) is 35.4 Å². The minimum Gasteiger partial charge on any atom is -0.454 e. The molecule has 0 aliphatic carbocycles. The molecule has 0 spiro atoms. The van der Waals surface area contributed by atoms with E-state index in [1.165, 1.54) is 0 Å². The fourth-order valence-electron chi connectivity index (χ4n) is 2.64. The summed E-state index contributed by atoms with van der Waals surface area (Å²) in [5.41, 5.74) is 1.65. The molecular formula is C18H16N4O3. The molecule has 1 aliphatic rings. The molecule has 1 amide bonds. The van der Waals surface area contributed by atoms with E-state index in [0.29, 0.717) is 24.3 Å². The van der Waals surface area contributed by atoms with Crippen molar-refractivity contribution in [3.05, 3.63) is 60.6 Å². The van der Waals surface area contributed by atoms with Crippen LogP contribution in [-0.4, -0.2) is 27.5 Å². The topological polar surface area (TPSA) is 78.3 Å². The summed E-state index contributed by atoms with van der Waals surface area (Å²) in [6.07, 6.45) is 6.08. The van der Waals surface area contributed by atoms with Gasteiger partial charge in [-0.05, 0) is 42.3 Å². The van der Waals surface area contributed by atoms with Crippen LogP contribution in [0.1, 0.15) is 12.0 Å². The summed E-state index contributed by atoms with van der Waals surface area (Å²) in [5, 5.41) is 7.06. The predicted molar refractivity (Wildman–Crippen MR) is 90.9 cm³/mol. The molecule has 0 unspecified atom stereocenters. The number of anilines is 1. The fraction of sp³-hybridized carbons (Fsp3) is 0.167. The van der Waals surface area contributed by atoms with Gasteiger partial charge in [0.25, 0.3) is 0 Å². The van der Waals surface area contributed by atoms with E-state index in [0.717, 1.165) is 17.1 Å². The number of hydrogen-bond donors (Lipinski definition) is 1. The second-order valence-electron chi connectivity index (χ2n) is 5.56. The van der Waals surface area contributed by atoms with Crippen LogP contribution < -0.4 is 14.8 Å². The monoisotopic (exact) mass is 336 g/mol. The Kier molecular flexibility index (Phi) is 4.04. The van der Waals surface area contributed by atoms with Crippen molar-refractivity contribution < 1.29 is 14.3 Å². The van der Waals surface area contributed by atoms with Gasteiger partial charge in [-0.2, -0.15) is 5.10 Å². The van der Waals surface area contributed by atoms with Crippen molar-refractivity contribution in [3.8, 4) is 17.3 Å². The number of ether oxygens (including phenoxy) is 2. The lowest BCUT2D eigenvalue weighted by molar-refractivity contribution is -0.116. The first-order valence-corrected chi connectivity index (χ1v) is 7.93. The van der Waals surface area contributed by atoms with Crippen LogP contribution in [0.15, 0.2) is 55.0 Å². The van der Waals surface area contributed by atoms with Crippen LogP contribution in [0.5, 0.6) is 11.5 Å². The van der Waals surface area contributed by atoms with E-state index < -0.39 is 0 Å². The zero-order valence-corrected chi connectivity index (χ0v) is 13.4. The maximum Gasteiger partial charge on any atom is 0.231 e. The van der Waals surface area contributed by atoms with Crippen LogP contribution >= 0.6 is 0 Å². The predicted octanol–water partition coefficient (Wildman–Crippen LogP) is 2.57. The Balaban J connectivity index is 1.41. The number of benzene rings is 1. The quantitative estimate of drug-likeness (QED) is 0.775. The van der Waals surface area contributed by atoms with Crippen molar-refractivity contribution in [3.63, 3.8) is 0 Å². The number of hydrogen-bond acceptors (Lipinski definition) is 5. The van der Waals surface area contributed by atoms with E-state index >= 15 is 0 Å². The van der Waals surface area contributed by atoms with Gasteiger partial charge in [-0.1, -0.05) is 6.07 Å². The van der Waals surface area contributed by atoms with Crippen LogP contribution in [0.2, 0.25) is 0 Å². The standard InChI is InChI=1S/C18H16N4O3/c23-17(7-5-13-4-6-15-16(11-13)25-12-24-15)21-14-3-1-8-19-18(14)22-10-2-9-20-22/h1-4,6,8-11H,5,7,12H2,(H,21,23). The number of nitrogens with zero attached hydrogens (tertiary/aromatic N) is 3. The van der Waals surface area contributed by atoms with Gasteiger partial charge in [0.2, 0.25) is 12.7 Å².